The molecule has 0 aromatic carbocycles. The van der Waals surface area contributed by atoms with E-state index < -0.39 is 0 Å². The van der Waals surface area contributed by atoms with E-state index in [0.29, 0.717) is 50.7 Å². The fourth-order valence-electron chi connectivity index (χ4n) is 1.51. The van der Waals surface area contributed by atoms with E-state index in [4.69, 9.17) is 9.47 Å². The van der Waals surface area contributed by atoms with Crippen LogP contribution >= 0.6 is 0 Å². The van der Waals surface area contributed by atoms with Crippen LogP contribution in [0.4, 0.5) is 0 Å². The van der Waals surface area contributed by atoms with Crippen molar-refractivity contribution in [2.24, 2.45) is 5.41 Å². The molecular formula is C17H30N2O4. The van der Waals surface area contributed by atoms with Crippen LogP contribution in [0.3, 0.4) is 0 Å². The molecule has 132 valence electrons. The Hall–Kier alpha value is -1.66. The molecule has 0 saturated carbocycles. The highest BCUT2D eigenvalue weighted by atomic mass is 16.5. The third kappa shape index (κ3) is 11.5. The quantitative estimate of drug-likeness (QED) is 0.420. The summed E-state index contributed by atoms with van der Waals surface area (Å²) in [6.45, 7) is 17.4. The number of nitrogens with one attached hydrogen (secondary N) is 2. The monoisotopic (exact) mass is 326 g/mol. The molecule has 0 aromatic rings. The Kier molecular flexibility index (Phi) is 10.2. The van der Waals surface area contributed by atoms with Crippen molar-refractivity contribution in [1.29, 1.82) is 0 Å². The first-order valence-corrected chi connectivity index (χ1v) is 7.68. The van der Waals surface area contributed by atoms with E-state index in [9.17, 15) is 9.59 Å². The van der Waals surface area contributed by atoms with Gasteiger partial charge in [-0.25, -0.2) is 0 Å². The van der Waals surface area contributed by atoms with Crippen molar-refractivity contribution >= 4 is 11.8 Å². The molecule has 0 aliphatic carbocycles. The first kappa shape index (κ1) is 21.3. The van der Waals surface area contributed by atoms with Gasteiger partial charge in [-0.1, -0.05) is 27.0 Å². The molecule has 0 aliphatic heterocycles. The maximum Gasteiger partial charge on any atom is 0.246 e. The summed E-state index contributed by atoms with van der Waals surface area (Å²) in [4.78, 5) is 22.5. The van der Waals surface area contributed by atoms with E-state index in [1.54, 1.807) is 13.8 Å². The average molecular weight is 326 g/mol. The topological polar surface area (TPSA) is 76.7 Å². The minimum atomic E-state index is -0.159. The van der Waals surface area contributed by atoms with Gasteiger partial charge in [-0.3, -0.25) is 9.59 Å². The zero-order chi connectivity index (χ0) is 17.9. The van der Waals surface area contributed by atoms with Gasteiger partial charge in [0.15, 0.2) is 0 Å². The van der Waals surface area contributed by atoms with Crippen LogP contribution in [0.2, 0.25) is 0 Å². The Balaban J connectivity index is 3.68. The van der Waals surface area contributed by atoms with E-state index in [1.807, 2.05) is 13.8 Å². The molecule has 6 nitrogen and oxygen atoms in total. The summed E-state index contributed by atoms with van der Waals surface area (Å²) < 4.78 is 11.1. The zero-order valence-electron chi connectivity index (χ0n) is 14.8. The number of carbonyl (C=O) groups is 2. The first-order chi connectivity index (χ1) is 10.7. The number of hydrogen-bond acceptors (Lipinski definition) is 4. The molecule has 23 heavy (non-hydrogen) atoms. The van der Waals surface area contributed by atoms with Crippen molar-refractivity contribution in [2.75, 3.05) is 39.5 Å². The van der Waals surface area contributed by atoms with Gasteiger partial charge in [-0.05, 0) is 13.8 Å². The van der Waals surface area contributed by atoms with Crippen LogP contribution in [-0.2, 0) is 19.1 Å². The summed E-state index contributed by atoms with van der Waals surface area (Å²) in [5.41, 5.74) is 0.825. The van der Waals surface area contributed by atoms with Crippen LogP contribution in [-0.4, -0.2) is 51.3 Å². The molecule has 2 amide bonds. The number of rotatable bonds is 12. The van der Waals surface area contributed by atoms with E-state index in [2.05, 4.69) is 23.8 Å². The molecular weight excluding hydrogens is 296 g/mol. The van der Waals surface area contributed by atoms with Crippen molar-refractivity contribution < 1.29 is 19.1 Å². The second-order valence-corrected chi connectivity index (χ2v) is 6.34. The number of ether oxygens (including phenoxy) is 2. The van der Waals surface area contributed by atoms with Gasteiger partial charge in [0.25, 0.3) is 0 Å². The molecule has 0 unspecified atom stereocenters. The van der Waals surface area contributed by atoms with Crippen molar-refractivity contribution in [2.45, 2.75) is 27.7 Å². The van der Waals surface area contributed by atoms with Gasteiger partial charge in [-0.15, -0.1) is 0 Å². The Bertz CT molecular complexity index is 392. The second kappa shape index (κ2) is 11.0. The van der Waals surface area contributed by atoms with Gasteiger partial charge in [-0.2, -0.15) is 0 Å². The normalized spacial score (nSPS) is 11.0. The first-order valence-electron chi connectivity index (χ1n) is 7.68. The molecule has 0 aliphatic rings. The molecule has 0 radical (unpaired) electrons. The smallest absolute Gasteiger partial charge is 0.246 e. The van der Waals surface area contributed by atoms with Crippen LogP contribution in [0.25, 0.3) is 0 Å². The minimum Gasteiger partial charge on any atom is -0.379 e. The van der Waals surface area contributed by atoms with E-state index in [1.165, 1.54) is 0 Å². The molecule has 0 bridgehead atoms. The van der Waals surface area contributed by atoms with Crippen molar-refractivity contribution in [3.8, 4) is 0 Å². The highest BCUT2D eigenvalue weighted by Gasteiger charge is 2.18. The zero-order valence-corrected chi connectivity index (χ0v) is 14.8. The van der Waals surface area contributed by atoms with Crippen molar-refractivity contribution in [3.05, 3.63) is 24.3 Å². The van der Waals surface area contributed by atoms with E-state index >= 15 is 0 Å². The second-order valence-electron chi connectivity index (χ2n) is 6.34. The average Bonchev–Trinajstić information content (AvgIpc) is 2.45. The van der Waals surface area contributed by atoms with Crippen LogP contribution in [0, 0.1) is 5.41 Å². The fourth-order valence-corrected chi connectivity index (χ4v) is 1.51. The molecule has 2 N–H and O–H groups in total. The highest BCUT2D eigenvalue weighted by Crippen LogP contribution is 2.15. The summed E-state index contributed by atoms with van der Waals surface area (Å²) >= 11 is 0. The summed E-state index contributed by atoms with van der Waals surface area (Å²) in [6, 6.07) is 0. The fraction of sp³-hybridized carbons (Fsp3) is 0.647. The largest absolute Gasteiger partial charge is 0.379 e. The molecule has 0 spiro atoms. The maximum atomic E-state index is 11.3. The van der Waals surface area contributed by atoms with Crippen LogP contribution in [0.1, 0.15) is 27.7 Å². The summed E-state index contributed by atoms with van der Waals surface area (Å²) in [7, 11) is 0. The van der Waals surface area contributed by atoms with Crippen molar-refractivity contribution in [3.63, 3.8) is 0 Å². The summed E-state index contributed by atoms with van der Waals surface area (Å²) in [5, 5.41) is 5.41. The summed E-state index contributed by atoms with van der Waals surface area (Å²) in [5.74, 6) is -0.319. The third-order valence-corrected chi connectivity index (χ3v) is 2.82. The molecule has 0 fully saturated rings. The van der Waals surface area contributed by atoms with Gasteiger partial charge in [0.05, 0.1) is 26.4 Å². The SMILES string of the molecule is C=C(C)C(=O)NCCOCC(C)(C)COCCNC(=O)C(=C)C. The summed E-state index contributed by atoms with van der Waals surface area (Å²) in [6.07, 6.45) is 0. The molecule has 6 heteroatoms. The van der Waals surface area contributed by atoms with Gasteiger partial charge >= 0.3 is 0 Å². The van der Waals surface area contributed by atoms with Crippen molar-refractivity contribution in [1.82, 2.24) is 10.6 Å². The lowest BCUT2D eigenvalue weighted by molar-refractivity contribution is -0.118. The highest BCUT2D eigenvalue weighted by molar-refractivity contribution is 5.92. The predicted molar refractivity (Wildman–Crippen MR) is 91.1 cm³/mol. The van der Waals surface area contributed by atoms with Gasteiger partial charge in [0, 0.05) is 29.7 Å². The molecule has 0 atom stereocenters. The van der Waals surface area contributed by atoms with Crippen LogP contribution < -0.4 is 10.6 Å². The van der Waals surface area contributed by atoms with E-state index in [-0.39, 0.29) is 17.2 Å². The maximum absolute atomic E-state index is 11.3. The third-order valence-electron chi connectivity index (χ3n) is 2.82. The van der Waals surface area contributed by atoms with Gasteiger partial charge in [0.1, 0.15) is 0 Å². The van der Waals surface area contributed by atoms with Gasteiger partial charge in [0.2, 0.25) is 11.8 Å². The molecule has 0 aromatic heterocycles. The lowest BCUT2D eigenvalue weighted by atomic mass is 9.96. The van der Waals surface area contributed by atoms with Crippen LogP contribution in [0.15, 0.2) is 24.3 Å². The molecule has 0 heterocycles. The van der Waals surface area contributed by atoms with E-state index in [0.717, 1.165) is 0 Å². The molecule has 0 saturated heterocycles. The minimum absolute atomic E-state index is 0.142. The van der Waals surface area contributed by atoms with Crippen LogP contribution in [0.5, 0.6) is 0 Å². The number of hydrogen-bond donors (Lipinski definition) is 2. The Labute approximate surface area is 139 Å². The Morgan fingerprint density at radius 3 is 1.52 bits per heavy atom. The Morgan fingerprint density at radius 1 is 0.870 bits per heavy atom. The lowest BCUT2D eigenvalue weighted by Crippen LogP contribution is -2.32. The van der Waals surface area contributed by atoms with Gasteiger partial charge < -0.3 is 20.1 Å². The number of amides is 2. The number of carbonyl (C=O) groups excluding carboxylic acids is 2. The molecule has 0 rings (SSSR count). The lowest BCUT2D eigenvalue weighted by Gasteiger charge is -2.24. The Morgan fingerprint density at radius 2 is 1.22 bits per heavy atom. The predicted octanol–water partition coefficient (Wildman–Crippen LogP) is 1.43. The standard InChI is InChI=1S/C17H30N2O4/c1-13(2)15(20)18-7-9-22-11-17(5,6)12-23-10-8-19-16(21)14(3)4/h1,3,7-12H2,2,4-6H3,(H,18,20)(H,19,21).